The molecule has 1 aliphatic carbocycles. The third kappa shape index (κ3) is 2.02. The van der Waals surface area contributed by atoms with Gasteiger partial charge in [0.25, 0.3) is 0 Å². The van der Waals surface area contributed by atoms with Crippen molar-refractivity contribution >= 4 is 5.91 Å². The van der Waals surface area contributed by atoms with Gasteiger partial charge in [-0.1, -0.05) is 30.9 Å². The van der Waals surface area contributed by atoms with Crippen molar-refractivity contribution in [2.75, 3.05) is 7.05 Å². The van der Waals surface area contributed by atoms with E-state index in [-0.39, 0.29) is 5.91 Å². The van der Waals surface area contributed by atoms with Gasteiger partial charge in [0.05, 0.1) is 0 Å². The minimum absolute atomic E-state index is 0.0285. The summed E-state index contributed by atoms with van der Waals surface area (Å²) in [6.45, 7) is 5.72. The lowest BCUT2D eigenvalue weighted by Crippen LogP contribution is -2.21. The summed E-state index contributed by atoms with van der Waals surface area (Å²) in [7, 11) is 1.64. The van der Waals surface area contributed by atoms with Gasteiger partial charge < -0.3 is 5.32 Å². The largest absolute Gasteiger partial charge is 0.355 e. The second-order valence-electron chi connectivity index (χ2n) is 3.16. The van der Waals surface area contributed by atoms with Gasteiger partial charge in [-0.15, -0.1) is 0 Å². The van der Waals surface area contributed by atoms with Gasteiger partial charge in [-0.2, -0.15) is 0 Å². The normalized spacial score (nSPS) is 16.0. The predicted octanol–water partition coefficient (Wildman–Crippen LogP) is 2.12. The highest BCUT2D eigenvalue weighted by molar-refractivity contribution is 5.95. The van der Waals surface area contributed by atoms with E-state index in [1.54, 1.807) is 13.1 Å². The van der Waals surface area contributed by atoms with Gasteiger partial charge in [0.15, 0.2) is 0 Å². The number of amides is 1. The average Bonchev–Trinajstić information content (AvgIpc) is 2.38. The van der Waals surface area contributed by atoms with Crippen LogP contribution in [0.3, 0.4) is 0 Å². The molecule has 0 atom stereocenters. The molecule has 2 heteroatoms. The lowest BCUT2D eigenvalue weighted by Gasteiger charge is -2.08. The maximum Gasteiger partial charge on any atom is 0.247 e. The molecule has 0 aliphatic heterocycles. The maximum absolute atomic E-state index is 11.6. The molecule has 1 N–H and O–H groups in total. The lowest BCUT2D eigenvalue weighted by atomic mass is 10.00. The average molecular weight is 189 g/mol. The van der Waals surface area contributed by atoms with Crippen LogP contribution in [0.15, 0.2) is 47.6 Å². The van der Waals surface area contributed by atoms with E-state index in [4.69, 9.17) is 0 Å². The summed E-state index contributed by atoms with van der Waals surface area (Å²) in [5.74, 6) is -0.0285. The van der Waals surface area contributed by atoms with Crippen LogP contribution in [0.4, 0.5) is 0 Å². The first-order chi connectivity index (χ1) is 6.70. The molecule has 0 saturated heterocycles. The maximum atomic E-state index is 11.6. The Morgan fingerprint density at radius 3 is 2.93 bits per heavy atom. The number of rotatable bonds is 2. The van der Waals surface area contributed by atoms with Crippen LogP contribution < -0.4 is 5.32 Å². The number of likely N-dealkylation sites (N-methyl/N-ethyl adjacent to an activating group) is 1. The van der Waals surface area contributed by atoms with Crippen molar-refractivity contribution in [1.82, 2.24) is 5.32 Å². The predicted molar refractivity (Wildman–Crippen MR) is 58.8 cm³/mol. The molecule has 0 aromatic rings. The van der Waals surface area contributed by atoms with Gasteiger partial charge >= 0.3 is 0 Å². The highest BCUT2D eigenvalue weighted by Gasteiger charge is 2.13. The molecule has 0 aromatic carbocycles. The van der Waals surface area contributed by atoms with Crippen LogP contribution in [0.25, 0.3) is 0 Å². The van der Waals surface area contributed by atoms with Crippen molar-refractivity contribution < 1.29 is 4.79 Å². The fourth-order valence-electron chi connectivity index (χ4n) is 1.49. The van der Waals surface area contributed by atoms with Gasteiger partial charge in [0.2, 0.25) is 5.91 Å². The second-order valence-corrected chi connectivity index (χ2v) is 3.16. The monoisotopic (exact) mass is 189 g/mol. The standard InChI is InChI=1S/C12H15NO/c1-4-10-9(2)7-5-6-8-11(10)12(14)13-3/h4-7H,1,8H2,2-3H3,(H,13,14). The van der Waals surface area contributed by atoms with Gasteiger partial charge in [-0.3, -0.25) is 4.79 Å². The Labute approximate surface area is 84.7 Å². The molecule has 74 valence electrons. The second kappa shape index (κ2) is 4.61. The lowest BCUT2D eigenvalue weighted by molar-refractivity contribution is -0.117. The van der Waals surface area contributed by atoms with Crippen molar-refractivity contribution in [3.63, 3.8) is 0 Å². The number of carbonyl (C=O) groups is 1. The van der Waals surface area contributed by atoms with Crippen LogP contribution in [-0.4, -0.2) is 13.0 Å². The van der Waals surface area contributed by atoms with E-state index in [9.17, 15) is 4.79 Å². The van der Waals surface area contributed by atoms with Gasteiger partial charge in [0.1, 0.15) is 0 Å². The summed E-state index contributed by atoms with van der Waals surface area (Å²) in [5, 5.41) is 2.64. The summed E-state index contributed by atoms with van der Waals surface area (Å²) >= 11 is 0. The number of hydrogen-bond donors (Lipinski definition) is 1. The van der Waals surface area contributed by atoms with Crippen LogP contribution in [0.1, 0.15) is 13.3 Å². The number of nitrogens with one attached hydrogen (secondary N) is 1. The molecule has 0 fully saturated rings. The summed E-state index contributed by atoms with van der Waals surface area (Å²) in [6.07, 6.45) is 8.34. The van der Waals surface area contributed by atoms with E-state index in [0.29, 0.717) is 6.42 Å². The summed E-state index contributed by atoms with van der Waals surface area (Å²) < 4.78 is 0. The zero-order chi connectivity index (χ0) is 10.6. The Morgan fingerprint density at radius 1 is 1.64 bits per heavy atom. The number of carbonyl (C=O) groups excluding carboxylic acids is 1. The van der Waals surface area contributed by atoms with Crippen LogP contribution in [0.2, 0.25) is 0 Å². The zero-order valence-corrected chi connectivity index (χ0v) is 8.63. The van der Waals surface area contributed by atoms with Crippen LogP contribution in [-0.2, 0) is 4.79 Å². The fourth-order valence-corrected chi connectivity index (χ4v) is 1.49. The molecular weight excluding hydrogens is 174 g/mol. The highest BCUT2D eigenvalue weighted by Crippen LogP contribution is 2.21. The zero-order valence-electron chi connectivity index (χ0n) is 8.63. The first-order valence-corrected chi connectivity index (χ1v) is 4.62. The third-order valence-corrected chi connectivity index (χ3v) is 2.26. The minimum Gasteiger partial charge on any atom is -0.355 e. The topological polar surface area (TPSA) is 29.1 Å². The molecule has 14 heavy (non-hydrogen) atoms. The Morgan fingerprint density at radius 2 is 2.36 bits per heavy atom. The quantitative estimate of drug-likeness (QED) is 0.708. The Bertz CT molecular complexity index is 345. The molecule has 1 aliphatic rings. The van der Waals surface area contributed by atoms with Crippen molar-refractivity contribution in [3.05, 3.63) is 47.6 Å². The first kappa shape index (κ1) is 10.5. The molecule has 1 rings (SSSR count). The molecule has 2 nitrogen and oxygen atoms in total. The van der Waals surface area contributed by atoms with Gasteiger partial charge in [-0.05, 0) is 24.5 Å². The van der Waals surface area contributed by atoms with E-state index >= 15 is 0 Å². The molecule has 0 unspecified atom stereocenters. The number of hydrogen-bond acceptors (Lipinski definition) is 1. The highest BCUT2D eigenvalue weighted by atomic mass is 16.1. The summed E-state index contributed by atoms with van der Waals surface area (Å²) in [6, 6.07) is 0. The SMILES string of the molecule is C=CC1=C(C(=O)NC)CC=CC=C1C. The smallest absolute Gasteiger partial charge is 0.247 e. The Kier molecular flexibility index (Phi) is 3.46. The van der Waals surface area contributed by atoms with E-state index in [0.717, 1.165) is 16.7 Å². The molecule has 0 spiro atoms. The Hall–Kier alpha value is -1.57. The van der Waals surface area contributed by atoms with Crippen molar-refractivity contribution in [2.45, 2.75) is 13.3 Å². The summed E-state index contributed by atoms with van der Waals surface area (Å²) in [5.41, 5.74) is 2.80. The van der Waals surface area contributed by atoms with Gasteiger partial charge in [-0.25, -0.2) is 0 Å². The first-order valence-electron chi connectivity index (χ1n) is 4.62. The van der Waals surface area contributed by atoms with E-state index in [1.165, 1.54) is 0 Å². The minimum atomic E-state index is -0.0285. The van der Waals surface area contributed by atoms with E-state index in [2.05, 4.69) is 11.9 Å². The molecule has 1 amide bonds. The fraction of sp³-hybridized carbons (Fsp3) is 0.250. The van der Waals surface area contributed by atoms with Crippen molar-refractivity contribution in [1.29, 1.82) is 0 Å². The van der Waals surface area contributed by atoms with Crippen LogP contribution in [0, 0.1) is 0 Å². The molecular formula is C12H15NO. The Balaban J connectivity index is 3.19. The summed E-state index contributed by atoms with van der Waals surface area (Å²) in [4.78, 5) is 11.6. The molecule has 0 radical (unpaired) electrons. The van der Waals surface area contributed by atoms with Gasteiger partial charge in [0, 0.05) is 12.6 Å². The third-order valence-electron chi connectivity index (χ3n) is 2.26. The van der Waals surface area contributed by atoms with Crippen molar-refractivity contribution in [3.8, 4) is 0 Å². The van der Waals surface area contributed by atoms with Crippen LogP contribution in [0.5, 0.6) is 0 Å². The van der Waals surface area contributed by atoms with E-state index in [1.807, 2.05) is 25.2 Å². The molecule has 0 heterocycles. The molecule has 0 saturated carbocycles. The van der Waals surface area contributed by atoms with Crippen molar-refractivity contribution in [2.24, 2.45) is 0 Å². The number of allylic oxidation sites excluding steroid dienone is 6. The van der Waals surface area contributed by atoms with E-state index < -0.39 is 0 Å². The molecule has 0 bridgehead atoms. The van der Waals surface area contributed by atoms with Crippen LogP contribution >= 0.6 is 0 Å². The molecule has 0 aromatic heterocycles.